The zero-order valence-electron chi connectivity index (χ0n) is 7.42. The first-order chi connectivity index (χ1) is 6.27. The SMILES string of the molecule is CCCNC(=O)c1c[nH]c(C#N)c1. The molecule has 0 saturated heterocycles. The molecule has 0 aliphatic rings. The summed E-state index contributed by atoms with van der Waals surface area (Å²) in [4.78, 5) is 14.0. The molecule has 1 aromatic heterocycles. The lowest BCUT2D eigenvalue weighted by Crippen LogP contribution is -2.23. The summed E-state index contributed by atoms with van der Waals surface area (Å²) in [5.41, 5.74) is 0.909. The fourth-order valence-electron chi connectivity index (χ4n) is 0.931. The lowest BCUT2D eigenvalue weighted by molar-refractivity contribution is 0.0954. The van der Waals surface area contributed by atoms with Crippen LogP contribution in [0.25, 0.3) is 0 Å². The molecule has 1 aromatic rings. The Kier molecular flexibility index (Phi) is 3.09. The Hall–Kier alpha value is -1.76. The maximum atomic E-state index is 11.3. The molecule has 68 valence electrons. The second-order valence-electron chi connectivity index (χ2n) is 2.67. The van der Waals surface area contributed by atoms with Gasteiger partial charge in [0.2, 0.25) is 0 Å². The van der Waals surface area contributed by atoms with Gasteiger partial charge in [0.15, 0.2) is 0 Å². The van der Waals surface area contributed by atoms with Crippen LogP contribution in [-0.4, -0.2) is 17.4 Å². The van der Waals surface area contributed by atoms with Crippen LogP contribution >= 0.6 is 0 Å². The maximum Gasteiger partial charge on any atom is 0.252 e. The maximum absolute atomic E-state index is 11.3. The monoisotopic (exact) mass is 177 g/mol. The van der Waals surface area contributed by atoms with E-state index in [4.69, 9.17) is 5.26 Å². The van der Waals surface area contributed by atoms with Crippen LogP contribution in [0.1, 0.15) is 29.4 Å². The van der Waals surface area contributed by atoms with Gasteiger partial charge in [-0.3, -0.25) is 4.79 Å². The van der Waals surface area contributed by atoms with Crippen molar-refractivity contribution in [3.63, 3.8) is 0 Å². The van der Waals surface area contributed by atoms with Crippen LogP contribution in [0.2, 0.25) is 0 Å². The fourth-order valence-corrected chi connectivity index (χ4v) is 0.931. The molecule has 1 rings (SSSR count). The van der Waals surface area contributed by atoms with Crippen molar-refractivity contribution in [1.82, 2.24) is 10.3 Å². The van der Waals surface area contributed by atoms with E-state index >= 15 is 0 Å². The van der Waals surface area contributed by atoms with Crippen molar-refractivity contribution in [3.8, 4) is 6.07 Å². The van der Waals surface area contributed by atoms with Gasteiger partial charge in [-0.05, 0) is 12.5 Å². The van der Waals surface area contributed by atoms with Crippen molar-refractivity contribution in [2.24, 2.45) is 0 Å². The van der Waals surface area contributed by atoms with Gasteiger partial charge in [-0.25, -0.2) is 0 Å². The van der Waals surface area contributed by atoms with E-state index in [2.05, 4.69) is 10.3 Å². The molecule has 0 aliphatic heterocycles. The Balaban J connectivity index is 2.62. The molecule has 0 aromatic carbocycles. The second kappa shape index (κ2) is 4.31. The number of hydrogen-bond acceptors (Lipinski definition) is 2. The van der Waals surface area contributed by atoms with Crippen molar-refractivity contribution in [2.75, 3.05) is 6.54 Å². The van der Waals surface area contributed by atoms with Gasteiger partial charge < -0.3 is 10.3 Å². The second-order valence-corrected chi connectivity index (χ2v) is 2.67. The van der Waals surface area contributed by atoms with Gasteiger partial charge in [0, 0.05) is 12.7 Å². The summed E-state index contributed by atoms with van der Waals surface area (Å²) >= 11 is 0. The highest BCUT2D eigenvalue weighted by Gasteiger charge is 2.06. The van der Waals surface area contributed by atoms with Crippen LogP contribution < -0.4 is 5.32 Å². The molecule has 0 unspecified atom stereocenters. The third-order valence-corrected chi connectivity index (χ3v) is 1.60. The zero-order valence-corrected chi connectivity index (χ0v) is 7.42. The predicted octanol–water partition coefficient (Wildman–Crippen LogP) is 1.03. The first-order valence-corrected chi connectivity index (χ1v) is 4.14. The quantitative estimate of drug-likeness (QED) is 0.723. The van der Waals surface area contributed by atoms with Gasteiger partial charge in [0.25, 0.3) is 5.91 Å². The van der Waals surface area contributed by atoms with E-state index < -0.39 is 0 Å². The number of aromatic amines is 1. The van der Waals surface area contributed by atoms with Crippen molar-refractivity contribution < 1.29 is 4.79 Å². The number of H-pyrrole nitrogens is 1. The van der Waals surface area contributed by atoms with Crippen molar-refractivity contribution in [2.45, 2.75) is 13.3 Å². The average Bonchev–Trinajstić information content (AvgIpc) is 2.62. The predicted molar refractivity (Wildman–Crippen MR) is 48.1 cm³/mol. The standard InChI is InChI=1S/C9H11N3O/c1-2-3-11-9(13)7-4-8(5-10)12-6-7/h4,6,12H,2-3H2,1H3,(H,11,13). The number of carbonyl (C=O) groups excluding carboxylic acids is 1. The normalized spacial score (nSPS) is 9.23. The molecule has 0 aliphatic carbocycles. The summed E-state index contributed by atoms with van der Waals surface area (Å²) in [6.45, 7) is 2.64. The number of hydrogen-bond donors (Lipinski definition) is 2. The Morgan fingerprint density at radius 3 is 3.08 bits per heavy atom. The Labute approximate surface area is 76.6 Å². The van der Waals surface area contributed by atoms with E-state index in [-0.39, 0.29) is 5.91 Å². The number of carbonyl (C=O) groups is 1. The number of rotatable bonds is 3. The molecule has 0 bridgehead atoms. The van der Waals surface area contributed by atoms with Crippen LogP contribution in [0, 0.1) is 11.3 Å². The van der Waals surface area contributed by atoms with Gasteiger partial charge in [0.05, 0.1) is 5.56 Å². The summed E-state index contributed by atoms with van der Waals surface area (Å²) in [5, 5.41) is 11.2. The number of nitrogens with zero attached hydrogens (tertiary/aromatic N) is 1. The summed E-state index contributed by atoms with van der Waals surface area (Å²) < 4.78 is 0. The highest BCUT2D eigenvalue weighted by Crippen LogP contribution is 2.01. The van der Waals surface area contributed by atoms with Crippen molar-refractivity contribution >= 4 is 5.91 Å². The molecular weight excluding hydrogens is 166 g/mol. The molecule has 0 atom stereocenters. The van der Waals surface area contributed by atoms with Gasteiger partial charge in [-0.2, -0.15) is 5.26 Å². The average molecular weight is 177 g/mol. The van der Waals surface area contributed by atoms with Crippen LogP contribution in [-0.2, 0) is 0 Å². The third-order valence-electron chi connectivity index (χ3n) is 1.60. The number of amides is 1. The van der Waals surface area contributed by atoms with Gasteiger partial charge in [0.1, 0.15) is 11.8 Å². The third kappa shape index (κ3) is 2.34. The molecular formula is C9H11N3O. The van der Waals surface area contributed by atoms with Crippen molar-refractivity contribution in [3.05, 3.63) is 23.5 Å². The summed E-state index contributed by atoms with van der Waals surface area (Å²) in [5.74, 6) is -0.139. The Bertz CT molecular complexity index is 335. The highest BCUT2D eigenvalue weighted by atomic mass is 16.1. The molecule has 2 N–H and O–H groups in total. The van der Waals surface area contributed by atoms with E-state index in [1.54, 1.807) is 0 Å². The van der Waals surface area contributed by atoms with Crippen molar-refractivity contribution in [1.29, 1.82) is 5.26 Å². The molecule has 0 spiro atoms. The van der Waals surface area contributed by atoms with E-state index in [1.165, 1.54) is 12.3 Å². The summed E-state index contributed by atoms with van der Waals surface area (Å²) in [6, 6.07) is 3.46. The lowest BCUT2D eigenvalue weighted by Gasteiger charge is -1.98. The molecule has 1 amide bonds. The minimum Gasteiger partial charge on any atom is -0.352 e. The van der Waals surface area contributed by atoms with Crippen LogP contribution in [0.4, 0.5) is 0 Å². The largest absolute Gasteiger partial charge is 0.352 e. The Morgan fingerprint density at radius 2 is 2.54 bits per heavy atom. The van der Waals surface area contributed by atoms with Gasteiger partial charge in [-0.15, -0.1) is 0 Å². The first kappa shape index (κ1) is 9.33. The smallest absolute Gasteiger partial charge is 0.252 e. The van der Waals surface area contributed by atoms with Gasteiger partial charge >= 0.3 is 0 Å². The van der Waals surface area contributed by atoms with E-state index in [9.17, 15) is 4.79 Å². The molecule has 4 nitrogen and oxygen atoms in total. The lowest BCUT2D eigenvalue weighted by atomic mass is 10.3. The van der Waals surface area contributed by atoms with Gasteiger partial charge in [-0.1, -0.05) is 6.92 Å². The van der Waals surface area contributed by atoms with Crippen LogP contribution in [0.3, 0.4) is 0 Å². The Morgan fingerprint density at radius 1 is 1.77 bits per heavy atom. The number of nitriles is 1. The summed E-state index contributed by atoms with van der Waals surface area (Å²) in [6.07, 6.45) is 2.44. The van der Waals surface area contributed by atoms with Crippen LogP contribution in [0.15, 0.2) is 12.3 Å². The van der Waals surface area contributed by atoms with E-state index in [0.29, 0.717) is 17.8 Å². The minimum absolute atomic E-state index is 0.139. The van der Waals surface area contributed by atoms with Crippen LogP contribution in [0.5, 0.6) is 0 Å². The first-order valence-electron chi connectivity index (χ1n) is 4.14. The van der Waals surface area contributed by atoms with E-state index in [0.717, 1.165) is 6.42 Å². The molecule has 0 fully saturated rings. The molecule has 4 heteroatoms. The summed E-state index contributed by atoms with van der Waals surface area (Å²) in [7, 11) is 0. The molecule has 13 heavy (non-hydrogen) atoms. The zero-order chi connectivity index (χ0) is 9.68. The topological polar surface area (TPSA) is 68.7 Å². The van der Waals surface area contributed by atoms with E-state index in [1.807, 2.05) is 13.0 Å². The molecule has 0 saturated carbocycles. The highest BCUT2D eigenvalue weighted by molar-refractivity contribution is 5.94. The molecule has 1 heterocycles. The number of nitrogens with one attached hydrogen (secondary N) is 2. The molecule has 0 radical (unpaired) electrons. The fraction of sp³-hybridized carbons (Fsp3) is 0.333. The minimum atomic E-state index is -0.139. The number of aromatic nitrogens is 1.